The van der Waals surface area contributed by atoms with Crippen LogP contribution in [0.2, 0.25) is 0 Å². The Morgan fingerprint density at radius 1 is 0.871 bits per heavy atom. The molecule has 0 saturated heterocycles. The van der Waals surface area contributed by atoms with Crippen LogP contribution in [-0.2, 0) is 5.75 Å². The zero-order valence-corrected chi connectivity index (χ0v) is 18.6. The van der Waals surface area contributed by atoms with Gasteiger partial charge in [-0.2, -0.15) is 0 Å². The van der Waals surface area contributed by atoms with E-state index in [9.17, 15) is 4.79 Å². The lowest BCUT2D eigenvalue weighted by atomic mass is 10.2. The van der Waals surface area contributed by atoms with Crippen molar-refractivity contribution in [2.45, 2.75) is 10.9 Å². The highest BCUT2D eigenvalue weighted by Gasteiger charge is 2.14. The maximum Gasteiger partial charge on any atom is 0.266 e. The van der Waals surface area contributed by atoms with Crippen molar-refractivity contribution in [1.29, 1.82) is 0 Å². The molecule has 0 spiro atoms. The molecule has 31 heavy (non-hydrogen) atoms. The predicted octanol–water partition coefficient (Wildman–Crippen LogP) is 5.02. The first-order valence-corrected chi connectivity index (χ1v) is 11.3. The van der Waals surface area contributed by atoms with E-state index in [0.29, 0.717) is 21.8 Å². The number of fused-ring (bicyclic) bond motifs is 1. The number of thioether (sulfide) groups is 1. The second-order valence-corrected chi connectivity index (χ2v) is 8.67. The number of benzene rings is 3. The van der Waals surface area contributed by atoms with Crippen LogP contribution in [0.15, 0.2) is 99.5 Å². The quantitative estimate of drug-likeness (QED) is 0.256. The maximum atomic E-state index is 13.3. The van der Waals surface area contributed by atoms with E-state index in [1.807, 2.05) is 79.0 Å². The molecule has 0 N–H and O–H groups in total. The van der Waals surface area contributed by atoms with Gasteiger partial charge in [-0.1, -0.05) is 63.2 Å². The zero-order chi connectivity index (χ0) is 21.2. The summed E-state index contributed by atoms with van der Waals surface area (Å²) in [5, 5.41) is 9.69. The summed E-state index contributed by atoms with van der Waals surface area (Å²) in [5.41, 5.74) is 3.10. The SMILES string of the molecule is O=c1c2ccccc2nc(SCc2cn(-c3ccccc3)nn2)n1-c1ccc(Br)cc1. The number of rotatable bonds is 5. The van der Waals surface area contributed by atoms with Crippen LogP contribution in [0.4, 0.5) is 0 Å². The van der Waals surface area contributed by atoms with Gasteiger partial charge in [0, 0.05) is 10.2 Å². The Kier molecular flexibility index (Phi) is 5.40. The lowest BCUT2D eigenvalue weighted by Gasteiger charge is -2.13. The van der Waals surface area contributed by atoms with E-state index in [1.54, 1.807) is 15.3 Å². The Labute approximate surface area is 190 Å². The average molecular weight is 490 g/mol. The van der Waals surface area contributed by atoms with Gasteiger partial charge in [-0.05, 0) is 48.5 Å². The Bertz CT molecular complexity index is 1410. The van der Waals surface area contributed by atoms with Crippen LogP contribution in [-0.4, -0.2) is 24.5 Å². The first-order valence-electron chi connectivity index (χ1n) is 9.56. The molecule has 152 valence electrons. The van der Waals surface area contributed by atoms with Crippen molar-refractivity contribution < 1.29 is 0 Å². The third kappa shape index (κ3) is 4.04. The minimum absolute atomic E-state index is 0.0941. The van der Waals surface area contributed by atoms with E-state index >= 15 is 0 Å². The lowest BCUT2D eigenvalue weighted by Crippen LogP contribution is -2.21. The predicted molar refractivity (Wildman–Crippen MR) is 126 cm³/mol. The van der Waals surface area contributed by atoms with E-state index in [1.165, 1.54) is 11.8 Å². The van der Waals surface area contributed by atoms with Gasteiger partial charge in [0.1, 0.15) is 0 Å². The fraction of sp³-hybridized carbons (Fsp3) is 0.0435. The zero-order valence-electron chi connectivity index (χ0n) is 16.2. The molecule has 5 aromatic rings. The van der Waals surface area contributed by atoms with E-state index in [2.05, 4.69) is 26.2 Å². The number of nitrogens with zero attached hydrogens (tertiary/aromatic N) is 5. The Morgan fingerprint density at radius 2 is 1.61 bits per heavy atom. The molecule has 0 bridgehead atoms. The van der Waals surface area contributed by atoms with Crippen LogP contribution in [0.5, 0.6) is 0 Å². The van der Waals surface area contributed by atoms with Gasteiger partial charge in [-0.25, -0.2) is 9.67 Å². The van der Waals surface area contributed by atoms with Crippen LogP contribution < -0.4 is 5.56 Å². The van der Waals surface area contributed by atoms with Gasteiger partial charge in [-0.3, -0.25) is 9.36 Å². The minimum Gasteiger partial charge on any atom is -0.268 e. The van der Waals surface area contributed by atoms with E-state index in [0.717, 1.165) is 21.5 Å². The summed E-state index contributed by atoms with van der Waals surface area (Å²) in [5.74, 6) is 0.536. The third-order valence-corrected chi connectivity index (χ3v) is 6.24. The molecule has 5 rings (SSSR count). The van der Waals surface area contributed by atoms with E-state index in [-0.39, 0.29) is 5.56 Å². The molecule has 0 unspecified atom stereocenters. The highest BCUT2D eigenvalue weighted by Crippen LogP contribution is 2.25. The van der Waals surface area contributed by atoms with Crippen molar-refractivity contribution in [3.63, 3.8) is 0 Å². The number of para-hydroxylation sites is 2. The molecule has 0 radical (unpaired) electrons. The first-order chi connectivity index (χ1) is 15.2. The Morgan fingerprint density at radius 3 is 2.42 bits per heavy atom. The fourth-order valence-electron chi connectivity index (χ4n) is 3.24. The average Bonchev–Trinajstić information content (AvgIpc) is 3.28. The van der Waals surface area contributed by atoms with Gasteiger partial charge in [0.05, 0.1) is 34.2 Å². The molecule has 8 heteroatoms. The number of halogens is 1. The van der Waals surface area contributed by atoms with E-state index in [4.69, 9.17) is 4.98 Å². The van der Waals surface area contributed by atoms with Gasteiger partial charge in [0.25, 0.3) is 5.56 Å². The summed E-state index contributed by atoms with van der Waals surface area (Å²) in [7, 11) is 0. The maximum absolute atomic E-state index is 13.3. The second kappa shape index (κ2) is 8.49. The largest absolute Gasteiger partial charge is 0.268 e. The van der Waals surface area contributed by atoms with Crippen molar-refractivity contribution in [3.8, 4) is 11.4 Å². The molecule has 0 aliphatic heterocycles. The topological polar surface area (TPSA) is 65.6 Å². The molecular weight excluding hydrogens is 474 g/mol. The minimum atomic E-state index is -0.0941. The summed E-state index contributed by atoms with van der Waals surface area (Å²) < 4.78 is 4.34. The van der Waals surface area contributed by atoms with Gasteiger partial charge in [0.15, 0.2) is 5.16 Å². The van der Waals surface area contributed by atoms with Crippen LogP contribution in [0, 0.1) is 0 Å². The van der Waals surface area contributed by atoms with Crippen molar-refractivity contribution in [2.75, 3.05) is 0 Å². The fourth-order valence-corrected chi connectivity index (χ4v) is 4.39. The monoisotopic (exact) mass is 489 g/mol. The van der Waals surface area contributed by atoms with Crippen LogP contribution in [0.3, 0.4) is 0 Å². The van der Waals surface area contributed by atoms with Gasteiger partial charge in [0.2, 0.25) is 0 Å². The highest BCUT2D eigenvalue weighted by atomic mass is 79.9. The van der Waals surface area contributed by atoms with Crippen molar-refractivity contribution in [2.24, 2.45) is 0 Å². The summed E-state index contributed by atoms with van der Waals surface area (Å²) in [6.45, 7) is 0. The second-order valence-electron chi connectivity index (χ2n) is 6.81. The Hall–Kier alpha value is -3.23. The molecule has 0 amide bonds. The lowest BCUT2D eigenvalue weighted by molar-refractivity contribution is 0.799. The van der Waals surface area contributed by atoms with Crippen LogP contribution in [0.25, 0.3) is 22.3 Å². The number of hydrogen-bond acceptors (Lipinski definition) is 5. The molecule has 2 aromatic heterocycles. The Balaban J connectivity index is 1.52. The highest BCUT2D eigenvalue weighted by molar-refractivity contribution is 9.10. The summed E-state index contributed by atoms with van der Waals surface area (Å²) in [4.78, 5) is 18.1. The van der Waals surface area contributed by atoms with Crippen molar-refractivity contribution >= 4 is 38.6 Å². The van der Waals surface area contributed by atoms with Gasteiger partial charge in [-0.15, -0.1) is 5.10 Å². The summed E-state index contributed by atoms with van der Waals surface area (Å²) >= 11 is 4.91. The van der Waals surface area contributed by atoms with Gasteiger partial charge >= 0.3 is 0 Å². The normalized spacial score (nSPS) is 11.1. The number of hydrogen-bond donors (Lipinski definition) is 0. The van der Waals surface area contributed by atoms with Crippen molar-refractivity contribution in [3.05, 3.63) is 106 Å². The molecule has 0 aliphatic carbocycles. The molecule has 0 aliphatic rings. The standard InChI is InChI=1S/C23H16BrN5OS/c24-16-10-12-19(13-11-16)29-22(30)20-8-4-5-9-21(20)25-23(29)31-15-17-14-28(27-26-17)18-6-2-1-3-7-18/h1-14H,15H2. The summed E-state index contributed by atoms with van der Waals surface area (Å²) in [6.07, 6.45) is 1.89. The molecule has 3 aromatic carbocycles. The van der Waals surface area contributed by atoms with Crippen molar-refractivity contribution in [1.82, 2.24) is 24.5 Å². The molecule has 6 nitrogen and oxygen atoms in total. The first kappa shape index (κ1) is 19.7. The van der Waals surface area contributed by atoms with Gasteiger partial charge < -0.3 is 0 Å². The molecule has 0 saturated carbocycles. The number of aromatic nitrogens is 5. The van der Waals surface area contributed by atoms with Crippen LogP contribution >= 0.6 is 27.7 Å². The third-order valence-electron chi connectivity index (χ3n) is 4.74. The van der Waals surface area contributed by atoms with Crippen LogP contribution in [0.1, 0.15) is 5.69 Å². The van der Waals surface area contributed by atoms with E-state index < -0.39 is 0 Å². The molecular formula is C23H16BrN5OS. The molecule has 0 fully saturated rings. The summed E-state index contributed by atoms with van der Waals surface area (Å²) in [6, 6.07) is 24.9. The molecule has 0 atom stereocenters. The molecule has 2 heterocycles. The smallest absolute Gasteiger partial charge is 0.266 e.